The van der Waals surface area contributed by atoms with Crippen molar-refractivity contribution in [3.05, 3.63) is 59.7 Å². The summed E-state index contributed by atoms with van der Waals surface area (Å²) < 4.78 is 0. The van der Waals surface area contributed by atoms with Crippen LogP contribution in [0, 0.1) is 5.92 Å². The number of rotatable bonds is 5. The zero-order chi connectivity index (χ0) is 17.6. The maximum absolute atomic E-state index is 11.0. The first-order chi connectivity index (χ1) is 12.2. The third kappa shape index (κ3) is 4.50. The van der Waals surface area contributed by atoms with Gasteiger partial charge in [-0.25, -0.2) is 4.79 Å². The molecule has 0 bridgehead atoms. The van der Waals surface area contributed by atoms with Gasteiger partial charge in [0, 0.05) is 0 Å². The van der Waals surface area contributed by atoms with Crippen LogP contribution in [0.15, 0.2) is 48.5 Å². The van der Waals surface area contributed by atoms with Crippen LogP contribution in [-0.2, 0) is 0 Å². The molecule has 0 radical (unpaired) electrons. The molecule has 0 unspecified atom stereocenters. The maximum Gasteiger partial charge on any atom is 0.335 e. The van der Waals surface area contributed by atoms with E-state index in [9.17, 15) is 4.79 Å². The van der Waals surface area contributed by atoms with E-state index in [2.05, 4.69) is 31.2 Å². The van der Waals surface area contributed by atoms with Gasteiger partial charge in [-0.3, -0.25) is 0 Å². The zero-order valence-electron chi connectivity index (χ0n) is 15.1. The molecule has 2 nitrogen and oxygen atoms in total. The van der Waals surface area contributed by atoms with Crippen LogP contribution >= 0.6 is 0 Å². The van der Waals surface area contributed by atoms with Gasteiger partial charge in [-0.2, -0.15) is 0 Å². The van der Waals surface area contributed by atoms with Gasteiger partial charge in [-0.15, -0.1) is 0 Å². The van der Waals surface area contributed by atoms with Crippen LogP contribution in [0.4, 0.5) is 0 Å². The zero-order valence-corrected chi connectivity index (χ0v) is 15.1. The van der Waals surface area contributed by atoms with Gasteiger partial charge >= 0.3 is 5.97 Å². The van der Waals surface area contributed by atoms with Crippen LogP contribution in [0.25, 0.3) is 11.1 Å². The summed E-state index contributed by atoms with van der Waals surface area (Å²) in [7, 11) is 0. The lowest BCUT2D eigenvalue weighted by Crippen LogP contribution is -1.99. The van der Waals surface area contributed by atoms with Gasteiger partial charge < -0.3 is 5.11 Å². The van der Waals surface area contributed by atoms with Crippen LogP contribution in [0.2, 0.25) is 0 Å². The van der Waals surface area contributed by atoms with E-state index in [1.165, 1.54) is 50.5 Å². The van der Waals surface area contributed by atoms with E-state index in [-0.39, 0.29) is 0 Å². The number of carbonyl (C=O) groups is 1. The first-order valence-corrected chi connectivity index (χ1v) is 9.61. The lowest BCUT2D eigenvalue weighted by Gasteiger charge is -2.16. The maximum atomic E-state index is 11.0. The van der Waals surface area contributed by atoms with Crippen molar-refractivity contribution in [1.29, 1.82) is 0 Å². The van der Waals surface area contributed by atoms with Crippen LogP contribution in [0.5, 0.6) is 0 Å². The Labute approximate surface area is 150 Å². The molecule has 0 heterocycles. The summed E-state index contributed by atoms with van der Waals surface area (Å²) in [4.78, 5) is 11.0. The molecule has 0 amide bonds. The van der Waals surface area contributed by atoms with Crippen LogP contribution in [0.3, 0.4) is 0 Å². The Hall–Kier alpha value is -2.09. The Morgan fingerprint density at radius 2 is 1.56 bits per heavy atom. The fourth-order valence-electron chi connectivity index (χ4n) is 4.16. The van der Waals surface area contributed by atoms with Crippen molar-refractivity contribution in [2.24, 2.45) is 5.92 Å². The predicted octanol–water partition coefficient (Wildman–Crippen LogP) is 6.52. The number of carboxylic acids is 1. The normalized spacial score (nSPS) is 20.8. The highest BCUT2D eigenvalue weighted by Crippen LogP contribution is 2.36. The van der Waals surface area contributed by atoms with Crippen molar-refractivity contribution in [3.8, 4) is 11.1 Å². The molecule has 2 atom stereocenters. The van der Waals surface area contributed by atoms with Crippen LogP contribution in [0.1, 0.15) is 73.7 Å². The van der Waals surface area contributed by atoms with E-state index in [0.29, 0.717) is 11.5 Å². The molecule has 1 aliphatic carbocycles. The third-order valence-electron chi connectivity index (χ3n) is 5.63. The average Bonchev–Trinajstić information content (AvgIpc) is 2.88. The highest BCUT2D eigenvalue weighted by atomic mass is 16.4. The number of aromatic carboxylic acids is 1. The van der Waals surface area contributed by atoms with Crippen LogP contribution in [-0.4, -0.2) is 11.1 Å². The Bertz CT molecular complexity index is 685. The molecule has 1 aliphatic rings. The fraction of sp³-hybridized carbons (Fsp3) is 0.435. The van der Waals surface area contributed by atoms with E-state index in [1.54, 1.807) is 12.1 Å². The Balaban J connectivity index is 1.68. The molecule has 0 saturated heterocycles. The van der Waals surface area contributed by atoms with Crippen molar-refractivity contribution in [3.63, 3.8) is 0 Å². The molecule has 3 rings (SSSR count). The summed E-state index contributed by atoms with van der Waals surface area (Å²) in [5, 5.41) is 9.00. The van der Waals surface area contributed by atoms with E-state index in [1.807, 2.05) is 12.1 Å². The molecule has 2 aromatic carbocycles. The van der Waals surface area contributed by atoms with Gasteiger partial charge in [0.15, 0.2) is 0 Å². The Morgan fingerprint density at radius 3 is 2.16 bits per heavy atom. The summed E-state index contributed by atoms with van der Waals surface area (Å²) >= 11 is 0. The number of carboxylic acid groups (broad SMARTS) is 1. The first kappa shape index (κ1) is 17.7. The monoisotopic (exact) mass is 336 g/mol. The second kappa shape index (κ2) is 8.33. The molecule has 1 fully saturated rings. The molecule has 1 saturated carbocycles. The van der Waals surface area contributed by atoms with Crippen LogP contribution < -0.4 is 0 Å². The molecule has 2 heteroatoms. The lowest BCUT2D eigenvalue weighted by molar-refractivity contribution is 0.0697. The van der Waals surface area contributed by atoms with Gasteiger partial charge in [0.1, 0.15) is 0 Å². The largest absolute Gasteiger partial charge is 0.478 e. The number of hydrogen-bond donors (Lipinski definition) is 1. The molecular weight excluding hydrogens is 308 g/mol. The average molecular weight is 336 g/mol. The minimum Gasteiger partial charge on any atom is -0.478 e. The minimum atomic E-state index is -0.878. The molecule has 132 valence electrons. The van der Waals surface area contributed by atoms with Gasteiger partial charge in [0.25, 0.3) is 0 Å². The first-order valence-electron chi connectivity index (χ1n) is 9.61. The molecule has 0 aliphatic heterocycles. The van der Waals surface area contributed by atoms with Crippen molar-refractivity contribution in [1.82, 2.24) is 0 Å². The molecule has 1 N–H and O–H groups in total. The van der Waals surface area contributed by atoms with Gasteiger partial charge in [-0.05, 0) is 59.9 Å². The summed E-state index contributed by atoms with van der Waals surface area (Å²) in [5.41, 5.74) is 4.02. The van der Waals surface area contributed by atoms with Crippen molar-refractivity contribution < 1.29 is 9.90 Å². The highest BCUT2D eigenvalue weighted by molar-refractivity contribution is 5.88. The van der Waals surface area contributed by atoms with Gasteiger partial charge in [0.05, 0.1) is 5.56 Å². The van der Waals surface area contributed by atoms with E-state index >= 15 is 0 Å². The van der Waals surface area contributed by atoms with Crippen molar-refractivity contribution >= 4 is 5.97 Å². The molecular formula is C23H28O2. The molecule has 25 heavy (non-hydrogen) atoms. The standard InChI is InChI=1S/C23H28O2/c1-2-4-17-5-3-6-18(8-7-17)19-9-11-20(12-10-19)21-13-15-22(16-14-21)23(24)25/h9-18H,2-8H2,1H3,(H,24,25)/t17-,18-/m0/s1. The van der Waals surface area contributed by atoms with E-state index in [4.69, 9.17) is 5.11 Å². The quantitative estimate of drug-likeness (QED) is 0.631. The van der Waals surface area contributed by atoms with E-state index in [0.717, 1.165) is 17.0 Å². The third-order valence-corrected chi connectivity index (χ3v) is 5.63. The lowest BCUT2D eigenvalue weighted by atomic mass is 9.89. The Kier molecular flexibility index (Phi) is 5.91. The molecule has 0 spiro atoms. The Morgan fingerprint density at radius 1 is 0.920 bits per heavy atom. The van der Waals surface area contributed by atoms with Crippen molar-refractivity contribution in [2.45, 2.75) is 57.8 Å². The molecule has 0 aromatic heterocycles. The SMILES string of the molecule is CCC[C@H]1CCC[C@H](c2ccc(-c3ccc(C(=O)O)cc3)cc2)CC1. The fourth-order valence-corrected chi connectivity index (χ4v) is 4.16. The van der Waals surface area contributed by atoms with E-state index < -0.39 is 5.97 Å². The number of hydrogen-bond acceptors (Lipinski definition) is 1. The predicted molar refractivity (Wildman–Crippen MR) is 103 cm³/mol. The van der Waals surface area contributed by atoms with Crippen molar-refractivity contribution in [2.75, 3.05) is 0 Å². The summed E-state index contributed by atoms with van der Waals surface area (Å²) in [6, 6.07) is 16.0. The molecule has 2 aromatic rings. The second-order valence-electron chi connectivity index (χ2n) is 7.36. The van der Waals surface area contributed by atoms with Gasteiger partial charge in [0.2, 0.25) is 0 Å². The number of benzene rings is 2. The van der Waals surface area contributed by atoms with Gasteiger partial charge in [-0.1, -0.05) is 69.0 Å². The highest BCUT2D eigenvalue weighted by Gasteiger charge is 2.19. The summed E-state index contributed by atoms with van der Waals surface area (Å²) in [6.07, 6.45) is 9.45. The topological polar surface area (TPSA) is 37.3 Å². The smallest absolute Gasteiger partial charge is 0.335 e. The minimum absolute atomic E-state index is 0.334. The summed E-state index contributed by atoms with van der Waals surface area (Å²) in [5.74, 6) is 0.754. The summed E-state index contributed by atoms with van der Waals surface area (Å²) in [6.45, 7) is 2.30. The second-order valence-corrected chi connectivity index (χ2v) is 7.36.